The number of halogens is 1. The van der Waals surface area contributed by atoms with Crippen LogP contribution in [-0.2, 0) is 16.4 Å². The van der Waals surface area contributed by atoms with Gasteiger partial charge in [-0.1, -0.05) is 18.2 Å². The first-order chi connectivity index (χ1) is 16.8. The Morgan fingerprint density at radius 2 is 1.77 bits per heavy atom. The van der Waals surface area contributed by atoms with Gasteiger partial charge in [0.25, 0.3) is 0 Å². The van der Waals surface area contributed by atoms with Crippen molar-refractivity contribution in [3.8, 4) is 28.8 Å². The summed E-state index contributed by atoms with van der Waals surface area (Å²) in [6.07, 6.45) is 1.93. The number of methoxy groups -OCH3 is 2. The number of rotatable bonds is 9. The summed E-state index contributed by atoms with van der Waals surface area (Å²) in [7, 11) is -0.996. The summed E-state index contributed by atoms with van der Waals surface area (Å²) in [5.74, 6) is 0.598. The van der Waals surface area contributed by atoms with Crippen molar-refractivity contribution >= 4 is 16.0 Å². The Bertz CT molecular complexity index is 1430. The van der Waals surface area contributed by atoms with E-state index >= 15 is 0 Å². The molecule has 1 aromatic carbocycles. The lowest BCUT2D eigenvalue weighted by molar-refractivity contribution is 0.398. The number of sulfonamides is 1. The fourth-order valence-corrected chi connectivity index (χ4v) is 4.21. The summed E-state index contributed by atoms with van der Waals surface area (Å²) in [5, 5.41) is 7.32. The second-order valence-electron chi connectivity index (χ2n) is 7.40. The van der Waals surface area contributed by atoms with Gasteiger partial charge in [0.2, 0.25) is 21.9 Å². The number of anilines is 1. The molecule has 0 aliphatic carbocycles. The van der Waals surface area contributed by atoms with Crippen molar-refractivity contribution < 1.29 is 22.3 Å². The summed E-state index contributed by atoms with van der Waals surface area (Å²) in [5.41, 5.74) is 0.896. The molecule has 1 atom stereocenters. The van der Waals surface area contributed by atoms with Crippen LogP contribution in [0.3, 0.4) is 0 Å². The summed E-state index contributed by atoms with van der Waals surface area (Å²) in [6, 6.07) is 12.1. The quantitative estimate of drug-likeness (QED) is 0.369. The predicted octanol–water partition coefficient (Wildman–Crippen LogP) is 2.65. The first kappa shape index (κ1) is 24.0. The second kappa shape index (κ2) is 10.0. The van der Waals surface area contributed by atoms with E-state index < -0.39 is 21.1 Å². The maximum atomic E-state index is 13.2. The van der Waals surface area contributed by atoms with E-state index in [0.29, 0.717) is 23.0 Å². The van der Waals surface area contributed by atoms with E-state index in [0.717, 1.165) is 12.4 Å². The molecule has 0 aliphatic rings. The van der Waals surface area contributed by atoms with Crippen LogP contribution < -0.4 is 14.2 Å². The van der Waals surface area contributed by atoms with Crippen molar-refractivity contribution in [2.75, 3.05) is 18.9 Å². The first-order valence-corrected chi connectivity index (χ1v) is 11.9. The minimum Gasteiger partial charge on any atom is -0.495 e. The number of hydrogen-bond acceptors (Lipinski definition) is 9. The van der Waals surface area contributed by atoms with Gasteiger partial charge in [-0.05, 0) is 25.1 Å². The highest BCUT2D eigenvalue weighted by atomic mass is 32.2. The van der Waals surface area contributed by atoms with E-state index in [2.05, 4.69) is 29.9 Å². The fraction of sp³-hybridized carbons (Fsp3) is 0.227. The average Bonchev–Trinajstić information content (AvgIpc) is 3.27. The molecule has 0 bridgehead atoms. The Morgan fingerprint density at radius 3 is 2.49 bits per heavy atom. The van der Waals surface area contributed by atoms with Crippen molar-refractivity contribution in [2.45, 2.75) is 18.6 Å². The number of ether oxygens (including phenoxy) is 2. The highest BCUT2D eigenvalue weighted by Crippen LogP contribution is 2.31. The van der Waals surface area contributed by atoms with E-state index in [4.69, 9.17) is 9.47 Å². The number of hydrogen-bond donors (Lipinski definition) is 1. The van der Waals surface area contributed by atoms with E-state index in [1.165, 1.54) is 25.7 Å². The van der Waals surface area contributed by atoms with Crippen LogP contribution in [0.4, 0.5) is 10.3 Å². The van der Waals surface area contributed by atoms with Gasteiger partial charge in [0, 0.05) is 12.5 Å². The largest absolute Gasteiger partial charge is 0.495 e. The van der Waals surface area contributed by atoms with Crippen LogP contribution in [0.15, 0.2) is 54.9 Å². The summed E-state index contributed by atoms with van der Waals surface area (Å²) >= 11 is 0. The third-order valence-electron chi connectivity index (χ3n) is 5.06. The third kappa shape index (κ3) is 5.19. The van der Waals surface area contributed by atoms with Gasteiger partial charge in [0.1, 0.15) is 17.3 Å². The van der Waals surface area contributed by atoms with Crippen LogP contribution >= 0.6 is 0 Å². The van der Waals surface area contributed by atoms with Gasteiger partial charge >= 0.3 is 0 Å². The molecule has 0 amide bonds. The molecule has 182 valence electrons. The van der Waals surface area contributed by atoms with Crippen LogP contribution in [0.2, 0.25) is 0 Å². The molecule has 4 rings (SSSR count). The van der Waals surface area contributed by atoms with Crippen molar-refractivity contribution in [3.63, 3.8) is 0 Å². The molecule has 1 N–H and O–H groups in total. The molecule has 4 aromatic rings. The summed E-state index contributed by atoms with van der Waals surface area (Å²) in [4.78, 5) is 12.1. The van der Waals surface area contributed by atoms with E-state index in [9.17, 15) is 12.8 Å². The van der Waals surface area contributed by atoms with Crippen molar-refractivity contribution in [3.05, 3.63) is 66.5 Å². The van der Waals surface area contributed by atoms with Gasteiger partial charge in [0.05, 0.1) is 37.6 Å². The molecule has 3 heterocycles. The molecular formula is C22H22FN7O4S. The zero-order valence-corrected chi connectivity index (χ0v) is 19.9. The lowest BCUT2D eigenvalue weighted by atomic mass is 10.2. The van der Waals surface area contributed by atoms with Crippen LogP contribution in [0.25, 0.3) is 17.2 Å². The predicted molar refractivity (Wildman–Crippen MR) is 125 cm³/mol. The Kier molecular flexibility index (Phi) is 6.87. The van der Waals surface area contributed by atoms with E-state index in [1.807, 2.05) is 0 Å². The zero-order chi connectivity index (χ0) is 25.0. The lowest BCUT2D eigenvalue weighted by Gasteiger charge is -2.17. The highest BCUT2D eigenvalue weighted by Gasteiger charge is 2.27. The summed E-state index contributed by atoms with van der Waals surface area (Å²) < 4.78 is 54.1. The van der Waals surface area contributed by atoms with Gasteiger partial charge < -0.3 is 9.47 Å². The Balaban J connectivity index is 1.75. The molecule has 0 saturated carbocycles. The van der Waals surface area contributed by atoms with E-state index in [1.54, 1.807) is 42.5 Å². The van der Waals surface area contributed by atoms with Crippen molar-refractivity contribution in [2.24, 2.45) is 0 Å². The van der Waals surface area contributed by atoms with E-state index in [-0.39, 0.29) is 24.0 Å². The molecule has 11 nitrogen and oxygen atoms in total. The molecule has 35 heavy (non-hydrogen) atoms. The fourth-order valence-electron chi connectivity index (χ4n) is 3.25. The van der Waals surface area contributed by atoms with Crippen molar-refractivity contribution in [1.82, 2.24) is 29.7 Å². The van der Waals surface area contributed by atoms with Crippen LogP contribution in [0, 0.1) is 5.82 Å². The highest BCUT2D eigenvalue weighted by molar-refractivity contribution is 7.93. The number of pyridine rings is 1. The Morgan fingerprint density at radius 1 is 1.03 bits per heavy atom. The normalized spacial score (nSPS) is 12.2. The van der Waals surface area contributed by atoms with Gasteiger partial charge in [-0.25, -0.2) is 27.8 Å². The van der Waals surface area contributed by atoms with Gasteiger partial charge in [0.15, 0.2) is 11.6 Å². The van der Waals surface area contributed by atoms with Gasteiger partial charge in [-0.2, -0.15) is 0 Å². The van der Waals surface area contributed by atoms with Crippen LogP contribution in [0.5, 0.6) is 11.6 Å². The number of benzene rings is 1. The first-order valence-electron chi connectivity index (χ1n) is 10.4. The maximum Gasteiger partial charge on any atom is 0.243 e. The van der Waals surface area contributed by atoms with Crippen molar-refractivity contribution in [1.29, 1.82) is 0 Å². The standard InChI is InChI=1S/C22H22FN7O4S/c1-14(11-19-24-12-15(23)13-25-19)35(31,32)29-22-28-27-21(16-7-6-10-20(26-16)34-3)30(22)17-8-4-5-9-18(17)33-2/h4-10,12-14H,11H2,1-3H3,(H,28,29)/t14-/m0/s1. The molecule has 0 fully saturated rings. The van der Waals surface area contributed by atoms with Crippen LogP contribution in [-0.4, -0.2) is 57.6 Å². The molecule has 13 heteroatoms. The SMILES string of the molecule is COc1cccc(-c2nnc(NS(=O)(=O)[C@@H](C)Cc3ncc(F)cn3)n2-c2ccccc2OC)n1. The molecule has 3 aromatic heterocycles. The molecule has 0 radical (unpaired) electrons. The smallest absolute Gasteiger partial charge is 0.243 e. The Labute approximate surface area is 201 Å². The molecule has 0 spiro atoms. The minimum atomic E-state index is -3.99. The zero-order valence-electron chi connectivity index (χ0n) is 19.1. The monoisotopic (exact) mass is 499 g/mol. The minimum absolute atomic E-state index is 0.0390. The molecular weight excluding hydrogens is 477 g/mol. The average molecular weight is 500 g/mol. The number of nitrogens with one attached hydrogen (secondary N) is 1. The number of para-hydroxylation sites is 2. The Hall–Kier alpha value is -4.13. The number of aromatic nitrogens is 6. The summed E-state index contributed by atoms with van der Waals surface area (Å²) in [6.45, 7) is 1.49. The maximum absolute atomic E-state index is 13.2. The molecule has 0 saturated heterocycles. The molecule has 0 aliphatic heterocycles. The topological polar surface area (TPSA) is 134 Å². The lowest BCUT2D eigenvalue weighted by Crippen LogP contribution is -2.29. The number of nitrogens with zero attached hydrogens (tertiary/aromatic N) is 6. The second-order valence-corrected chi connectivity index (χ2v) is 9.50. The van der Waals surface area contributed by atoms with Gasteiger partial charge in [-0.15, -0.1) is 10.2 Å². The molecule has 0 unspecified atom stereocenters. The van der Waals surface area contributed by atoms with Gasteiger partial charge in [-0.3, -0.25) is 9.29 Å². The third-order valence-corrected chi connectivity index (χ3v) is 6.75. The van der Waals surface area contributed by atoms with Crippen LogP contribution in [0.1, 0.15) is 12.7 Å².